The van der Waals surface area contributed by atoms with Gasteiger partial charge >= 0.3 is 0 Å². The lowest BCUT2D eigenvalue weighted by Gasteiger charge is -2.28. The third-order valence-electron chi connectivity index (χ3n) is 3.92. The average Bonchev–Trinajstić information content (AvgIpc) is 2.33. The second kappa shape index (κ2) is 9.00. The molecule has 0 atom stereocenters. The maximum Gasteiger partial charge on any atom is 0.00767 e. The van der Waals surface area contributed by atoms with Crippen LogP contribution in [-0.2, 0) is 0 Å². The number of rotatable bonds is 8. The van der Waals surface area contributed by atoms with Gasteiger partial charge < -0.3 is 10.6 Å². The molecular formula is C14H30N2. The minimum atomic E-state index is 0.953. The third-order valence-corrected chi connectivity index (χ3v) is 3.92. The Bertz CT molecular complexity index is 151. The Balaban J connectivity index is 1.98. The van der Waals surface area contributed by atoms with E-state index in [-0.39, 0.29) is 0 Å². The maximum absolute atomic E-state index is 3.55. The van der Waals surface area contributed by atoms with Crippen LogP contribution in [0.4, 0.5) is 0 Å². The Morgan fingerprint density at radius 2 is 1.69 bits per heavy atom. The number of hydrogen-bond donors (Lipinski definition) is 2. The van der Waals surface area contributed by atoms with Gasteiger partial charge in [-0.1, -0.05) is 39.0 Å². The van der Waals surface area contributed by atoms with E-state index in [0.29, 0.717) is 0 Å². The number of nitrogens with one attached hydrogen (secondary N) is 2. The molecule has 16 heavy (non-hydrogen) atoms. The Kier molecular flexibility index (Phi) is 7.87. The Hall–Kier alpha value is -0.0800. The van der Waals surface area contributed by atoms with Crippen molar-refractivity contribution >= 4 is 0 Å². The lowest BCUT2D eigenvalue weighted by atomic mass is 9.80. The van der Waals surface area contributed by atoms with E-state index in [4.69, 9.17) is 0 Å². The molecule has 2 nitrogen and oxygen atoms in total. The molecule has 2 N–H and O–H groups in total. The van der Waals surface area contributed by atoms with E-state index in [1.54, 1.807) is 0 Å². The van der Waals surface area contributed by atoms with E-state index < -0.39 is 0 Å². The summed E-state index contributed by atoms with van der Waals surface area (Å²) in [5.74, 6) is 2.00. The van der Waals surface area contributed by atoms with Crippen LogP contribution in [-0.4, -0.2) is 26.7 Å². The monoisotopic (exact) mass is 226 g/mol. The van der Waals surface area contributed by atoms with Crippen LogP contribution in [0.1, 0.15) is 51.9 Å². The summed E-state index contributed by atoms with van der Waals surface area (Å²) in [4.78, 5) is 0. The van der Waals surface area contributed by atoms with Gasteiger partial charge in [0.1, 0.15) is 0 Å². The van der Waals surface area contributed by atoms with Crippen molar-refractivity contribution in [2.24, 2.45) is 11.8 Å². The van der Waals surface area contributed by atoms with Gasteiger partial charge in [0, 0.05) is 13.1 Å². The van der Waals surface area contributed by atoms with Crippen molar-refractivity contribution < 1.29 is 0 Å². The molecule has 0 spiro atoms. The predicted molar refractivity (Wildman–Crippen MR) is 71.8 cm³/mol. The van der Waals surface area contributed by atoms with Crippen molar-refractivity contribution in [3.8, 4) is 0 Å². The largest absolute Gasteiger partial charge is 0.318 e. The number of likely N-dealkylation sites (N-methyl/N-ethyl adjacent to an activating group) is 1. The van der Waals surface area contributed by atoms with E-state index in [9.17, 15) is 0 Å². The molecule has 1 saturated carbocycles. The van der Waals surface area contributed by atoms with Gasteiger partial charge in [-0.2, -0.15) is 0 Å². The van der Waals surface area contributed by atoms with Gasteiger partial charge in [-0.25, -0.2) is 0 Å². The molecule has 0 amide bonds. The molecular weight excluding hydrogens is 196 g/mol. The molecule has 1 rings (SSSR count). The van der Waals surface area contributed by atoms with Gasteiger partial charge in [0.05, 0.1) is 0 Å². The summed E-state index contributed by atoms with van der Waals surface area (Å²) in [6, 6.07) is 0. The molecule has 0 aromatic carbocycles. The molecule has 0 heterocycles. The van der Waals surface area contributed by atoms with E-state index >= 15 is 0 Å². The Morgan fingerprint density at radius 1 is 1.00 bits per heavy atom. The van der Waals surface area contributed by atoms with E-state index in [0.717, 1.165) is 24.9 Å². The molecule has 0 aliphatic heterocycles. The summed E-state index contributed by atoms with van der Waals surface area (Å²) in [7, 11) is 2.01. The Morgan fingerprint density at radius 3 is 2.31 bits per heavy atom. The molecule has 1 aliphatic carbocycles. The van der Waals surface area contributed by atoms with Crippen LogP contribution in [0.3, 0.4) is 0 Å². The maximum atomic E-state index is 3.55. The molecule has 2 heteroatoms. The molecule has 1 aliphatic rings. The summed E-state index contributed by atoms with van der Waals surface area (Å²) < 4.78 is 0. The van der Waals surface area contributed by atoms with Crippen LogP contribution in [0.2, 0.25) is 0 Å². The highest BCUT2D eigenvalue weighted by Gasteiger charge is 2.20. The van der Waals surface area contributed by atoms with Gasteiger partial charge in [0.15, 0.2) is 0 Å². The zero-order valence-electron chi connectivity index (χ0n) is 11.2. The van der Waals surface area contributed by atoms with Gasteiger partial charge in [-0.15, -0.1) is 0 Å². The van der Waals surface area contributed by atoms with Gasteiger partial charge in [-0.3, -0.25) is 0 Å². The normalized spacial score (nSPS) is 25.9. The van der Waals surface area contributed by atoms with Crippen LogP contribution in [0.5, 0.6) is 0 Å². The smallest absolute Gasteiger partial charge is 0.00767 e. The highest BCUT2D eigenvalue weighted by Crippen LogP contribution is 2.31. The van der Waals surface area contributed by atoms with E-state index in [2.05, 4.69) is 17.6 Å². The highest BCUT2D eigenvalue weighted by atomic mass is 14.9. The fraction of sp³-hybridized carbons (Fsp3) is 1.00. The minimum absolute atomic E-state index is 0.953. The SMILES string of the molecule is CCCCC1CCC(CNCCNC)CC1. The molecule has 96 valence electrons. The predicted octanol–water partition coefficient (Wildman–Crippen LogP) is 2.79. The summed E-state index contributed by atoms with van der Waals surface area (Å²) in [5, 5.41) is 6.72. The van der Waals surface area contributed by atoms with Crippen LogP contribution in [0.25, 0.3) is 0 Å². The first-order valence-corrected chi connectivity index (χ1v) is 7.22. The van der Waals surface area contributed by atoms with Crippen LogP contribution in [0, 0.1) is 11.8 Å². The number of hydrogen-bond acceptors (Lipinski definition) is 2. The van der Waals surface area contributed by atoms with Gasteiger partial charge in [-0.05, 0) is 38.3 Å². The molecule has 0 unspecified atom stereocenters. The minimum Gasteiger partial charge on any atom is -0.318 e. The average molecular weight is 226 g/mol. The van der Waals surface area contributed by atoms with Crippen LogP contribution >= 0.6 is 0 Å². The third kappa shape index (κ3) is 5.86. The first-order chi connectivity index (χ1) is 7.86. The molecule has 0 aromatic heterocycles. The van der Waals surface area contributed by atoms with E-state index in [1.807, 2.05) is 7.05 Å². The second-order valence-electron chi connectivity index (χ2n) is 5.34. The fourth-order valence-corrected chi connectivity index (χ4v) is 2.74. The summed E-state index contributed by atoms with van der Waals surface area (Å²) in [6.45, 7) is 5.75. The topological polar surface area (TPSA) is 24.1 Å². The lowest BCUT2D eigenvalue weighted by Crippen LogP contribution is -2.31. The van der Waals surface area contributed by atoms with E-state index in [1.165, 1.54) is 51.5 Å². The molecule has 0 radical (unpaired) electrons. The van der Waals surface area contributed by atoms with Gasteiger partial charge in [0.2, 0.25) is 0 Å². The zero-order chi connectivity index (χ0) is 11.6. The highest BCUT2D eigenvalue weighted by molar-refractivity contribution is 4.74. The summed E-state index contributed by atoms with van der Waals surface area (Å²) in [6.07, 6.45) is 10.2. The van der Waals surface area contributed by atoms with Crippen molar-refractivity contribution in [1.82, 2.24) is 10.6 Å². The Labute approximate surface area is 102 Å². The molecule has 0 aromatic rings. The first-order valence-electron chi connectivity index (χ1n) is 7.22. The first kappa shape index (κ1) is 14.0. The quantitative estimate of drug-likeness (QED) is 0.622. The van der Waals surface area contributed by atoms with Crippen molar-refractivity contribution in [2.75, 3.05) is 26.7 Å². The van der Waals surface area contributed by atoms with Gasteiger partial charge in [0.25, 0.3) is 0 Å². The number of unbranched alkanes of at least 4 members (excludes halogenated alkanes) is 1. The second-order valence-corrected chi connectivity index (χ2v) is 5.34. The van der Waals surface area contributed by atoms with Crippen LogP contribution in [0.15, 0.2) is 0 Å². The molecule has 0 saturated heterocycles. The molecule has 1 fully saturated rings. The summed E-state index contributed by atoms with van der Waals surface area (Å²) >= 11 is 0. The van der Waals surface area contributed by atoms with Crippen molar-refractivity contribution in [3.63, 3.8) is 0 Å². The fourth-order valence-electron chi connectivity index (χ4n) is 2.74. The lowest BCUT2D eigenvalue weighted by molar-refractivity contribution is 0.254. The van der Waals surface area contributed by atoms with Crippen molar-refractivity contribution in [3.05, 3.63) is 0 Å². The summed E-state index contributed by atoms with van der Waals surface area (Å²) in [5.41, 5.74) is 0. The molecule has 0 bridgehead atoms. The standard InChI is InChI=1S/C14H30N2/c1-3-4-5-13-6-8-14(9-7-13)12-16-11-10-15-2/h13-16H,3-12H2,1-2H3. The van der Waals surface area contributed by atoms with Crippen molar-refractivity contribution in [1.29, 1.82) is 0 Å². The zero-order valence-corrected chi connectivity index (χ0v) is 11.2. The van der Waals surface area contributed by atoms with Crippen LogP contribution < -0.4 is 10.6 Å². The van der Waals surface area contributed by atoms with Crippen molar-refractivity contribution in [2.45, 2.75) is 51.9 Å².